The lowest BCUT2D eigenvalue weighted by Crippen LogP contribution is -2.37. The third-order valence-corrected chi connectivity index (χ3v) is 5.83. The van der Waals surface area contributed by atoms with Gasteiger partial charge in [-0.15, -0.1) is 11.3 Å². The maximum atomic E-state index is 12.7. The van der Waals surface area contributed by atoms with Gasteiger partial charge in [0.2, 0.25) is 5.75 Å². The molecule has 10 heteroatoms. The molecule has 1 atom stereocenters. The van der Waals surface area contributed by atoms with Crippen molar-refractivity contribution >= 4 is 22.4 Å². The van der Waals surface area contributed by atoms with Gasteiger partial charge in [-0.25, -0.2) is 4.98 Å². The molecular weight excluding hydrogens is 406 g/mol. The number of hydrogen-bond acceptors (Lipinski definition) is 8. The van der Waals surface area contributed by atoms with Crippen LogP contribution in [0.15, 0.2) is 29.8 Å². The Kier molecular flexibility index (Phi) is 5.75. The average molecular weight is 430 g/mol. The van der Waals surface area contributed by atoms with Gasteiger partial charge in [-0.1, -0.05) is 0 Å². The molecule has 1 fully saturated rings. The molecule has 1 unspecified atom stereocenters. The molecule has 3 aromatic rings. The van der Waals surface area contributed by atoms with Crippen molar-refractivity contribution < 1.29 is 19.0 Å². The number of aromatic amines is 1. The highest BCUT2D eigenvalue weighted by atomic mass is 32.1. The van der Waals surface area contributed by atoms with E-state index in [4.69, 9.17) is 14.2 Å². The number of methoxy groups -OCH3 is 3. The van der Waals surface area contributed by atoms with E-state index in [0.717, 1.165) is 30.2 Å². The summed E-state index contributed by atoms with van der Waals surface area (Å²) in [6, 6.07) is 5.36. The fourth-order valence-electron chi connectivity index (χ4n) is 3.50. The molecule has 3 heterocycles. The molecule has 4 rings (SSSR count). The zero-order valence-corrected chi connectivity index (χ0v) is 17.8. The van der Waals surface area contributed by atoms with Crippen molar-refractivity contribution in [3.05, 3.63) is 35.5 Å². The summed E-state index contributed by atoms with van der Waals surface area (Å²) in [5, 5.41) is 13.1. The van der Waals surface area contributed by atoms with Gasteiger partial charge in [0.15, 0.2) is 16.6 Å². The fraction of sp³-hybridized carbons (Fsp3) is 0.350. The molecule has 30 heavy (non-hydrogen) atoms. The first-order valence-corrected chi connectivity index (χ1v) is 10.3. The molecule has 0 spiro atoms. The first-order valence-electron chi connectivity index (χ1n) is 9.44. The van der Waals surface area contributed by atoms with Crippen molar-refractivity contribution in [1.82, 2.24) is 20.5 Å². The number of benzene rings is 1. The van der Waals surface area contributed by atoms with Crippen LogP contribution in [0.4, 0.5) is 5.13 Å². The van der Waals surface area contributed by atoms with Crippen molar-refractivity contribution in [2.75, 3.05) is 39.3 Å². The molecule has 1 aliphatic heterocycles. The third-order valence-electron chi connectivity index (χ3n) is 5.00. The van der Waals surface area contributed by atoms with Crippen molar-refractivity contribution in [3.63, 3.8) is 0 Å². The first kappa shape index (κ1) is 20.0. The number of ether oxygens (including phenoxy) is 3. The molecule has 1 amide bonds. The molecule has 2 N–H and O–H groups in total. The van der Waals surface area contributed by atoms with Gasteiger partial charge in [-0.2, -0.15) is 5.10 Å². The van der Waals surface area contributed by atoms with Crippen LogP contribution in [-0.4, -0.2) is 61.5 Å². The number of anilines is 1. The van der Waals surface area contributed by atoms with Crippen LogP contribution >= 0.6 is 11.3 Å². The van der Waals surface area contributed by atoms with Gasteiger partial charge in [0, 0.05) is 36.3 Å². The Morgan fingerprint density at radius 3 is 2.60 bits per heavy atom. The number of carbonyl (C=O) groups is 1. The maximum Gasteiger partial charge on any atom is 0.269 e. The monoisotopic (exact) mass is 429 g/mol. The van der Waals surface area contributed by atoms with E-state index in [0.29, 0.717) is 28.6 Å². The Labute approximate surface area is 178 Å². The summed E-state index contributed by atoms with van der Waals surface area (Å²) < 4.78 is 16.1. The molecule has 158 valence electrons. The lowest BCUT2D eigenvalue weighted by atomic mass is 10.1. The Hall–Kier alpha value is -3.27. The van der Waals surface area contributed by atoms with Crippen LogP contribution in [0.25, 0.3) is 11.3 Å². The number of aromatic nitrogens is 3. The summed E-state index contributed by atoms with van der Waals surface area (Å²) in [7, 11) is 4.66. The standard InChI is InChI=1S/C20H23N5O4S/c1-27-16-8-12(9-17(28-2)18(16)29-3)14-10-15(24-23-14)19(26)22-13-4-6-25(11-13)20-21-5-7-30-20/h5,7-10,13H,4,6,11H2,1-3H3,(H,22,26)(H,23,24). The van der Waals surface area contributed by atoms with E-state index < -0.39 is 0 Å². The summed E-state index contributed by atoms with van der Waals surface area (Å²) in [6.45, 7) is 1.62. The van der Waals surface area contributed by atoms with E-state index in [2.05, 4.69) is 25.4 Å². The Morgan fingerprint density at radius 2 is 1.97 bits per heavy atom. The summed E-state index contributed by atoms with van der Waals surface area (Å²) in [5.41, 5.74) is 1.75. The van der Waals surface area contributed by atoms with Crippen LogP contribution in [-0.2, 0) is 0 Å². The molecule has 0 radical (unpaired) electrons. The van der Waals surface area contributed by atoms with Crippen molar-refractivity contribution in [2.24, 2.45) is 0 Å². The molecule has 0 bridgehead atoms. The Bertz CT molecular complexity index is 995. The highest BCUT2D eigenvalue weighted by Gasteiger charge is 2.26. The predicted octanol–water partition coefficient (Wildman–Crippen LogP) is 2.57. The minimum Gasteiger partial charge on any atom is -0.493 e. The number of thiazole rings is 1. The number of hydrogen-bond donors (Lipinski definition) is 2. The molecule has 1 saturated heterocycles. The summed E-state index contributed by atoms with van der Waals surface area (Å²) in [4.78, 5) is 19.2. The van der Waals surface area contributed by atoms with Crippen LogP contribution < -0.4 is 24.4 Å². The van der Waals surface area contributed by atoms with Crippen molar-refractivity contribution in [1.29, 1.82) is 0 Å². The zero-order valence-electron chi connectivity index (χ0n) is 17.0. The van der Waals surface area contributed by atoms with Crippen molar-refractivity contribution in [3.8, 4) is 28.5 Å². The van der Waals surface area contributed by atoms with Gasteiger partial charge in [0.25, 0.3) is 5.91 Å². The summed E-state index contributed by atoms with van der Waals surface area (Å²) in [5.74, 6) is 1.36. The van der Waals surface area contributed by atoms with Gasteiger partial charge in [-0.05, 0) is 24.6 Å². The van der Waals surface area contributed by atoms with Crippen LogP contribution in [0.3, 0.4) is 0 Å². The molecule has 1 aromatic carbocycles. The van der Waals surface area contributed by atoms with E-state index in [1.807, 2.05) is 5.38 Å². The quantitative estimate of drug-likeness (QED) is 0.595. The second-order valence-electron chi connectivity index (χ2n) is 6.80. The van der Waals surface area contributed by atoms with E-state index >= 15 is 0 Å². The molecule has 0 aliphatic carbocycles. The highest BCUT2D eigenvalue weighted by molar-refractivity contribution is 7.13. The molecule has 9 nitrogen and oxygen atoms in total. The van der Waals surface area contributed by atoms with Gasteiger partial charge < -0.3 is 24.4 Å². The van der Waals surface area contributed by atoms with E-state index in [9.17, 15) is 4.79 Å². The van der Waals surface area contributed by atoms with Crippen LogP contribution in [0.5, 0.6) is 17.2 Å². The topological polar surface area (TPSA) is 102 Å². The Morgan fingerprint density at radius 1 is 1.20 bits per heavy atom. The number of carbonyl (C=O) groups excluding carboxylic acids is 1. The normalized spacial score (nSPS) is 15.8. The fourth-order valence-corrected chi connectivity index (χ4v) is 4.18. The SMILES string of the molecule is COc1cc(-c2cc(C(=O)NC3CCN(c4nccs4)C3)[nH]n2)cc(OC)c1OC. The second-order valence-corrected chi connectivity index (χ2v) is 7.67. The second kappa shape index (κ2) is 8.62. The van der Waals surface area contributed by atoms with Crippen LogP contribution in [0.2, 0.25) is 0 Å². The number of H-pyrrole nitrogens is 1. The van der Waals surface area contributed by atoms with Crippen LogP contribution in [0.1, 0.15) is 16.9 Å². The number of amides is 1. The highest BCUT2D eigenvalue weighted by Crippen LogP contribution is 2.40. The van der Waals surface area contributed by atoms with Gasteiger partial charge in [0.05, 0.1) is 27.0 Å². The molecule has 1 aliphatic rings. The van der Waals surface area contributed by atoms with Crippen molar-refractivity contribution in [2.45, 2.75) is 12.5 Å². The molecular formula is C20H23N5O4S. The number of nitrogens with one attached hydrogen (secondary N) is 2. The maximum absolute atomic E-state index is 12.7. The lowest BCUT2D eigenvalue weighted by molar-refractivity contribution is 0.0935. The number of rotatable bonds is 7. The predicted molar refractivity (Wildman–Crippen MR) is 114 cm³/mol. The lowest BCUT2D eigenvalue weighted by Gasteiger charge is -2.15. The Balaban J connectivity index is 1.47. The average Bonchev–Trinajstić information content (AvgIpc) is 3.53. The molecule has 0 saturated carbocycles. The first-order chi connectivity index (χ1) is 14.6. The summed E-state index contributed by atoms with van der Waals surface area (Å²) >= 11 is 1.60. The zero-order chi connectivity index (χ0) is 21.1. The van der Waals surface area contributed by atoms with Gasteiger partial charge in [-0.3, -0.25) is 9.89 Å². The number of nitrogens with zero attached hydrogens (tertiary/aromatic N) is 3. The smallest absolute Gasteiger partial charge is 0.269 e. The minimum absolute atomic E-state index is 0.0642. The van der Waals surface area contributed by atoms with E-state index in [1.54, 1.807) is 57.1 Å². The van der Waals surface area contributed by atoms with Gasteiger partial charge in [0.1, 0.15) is 5.69 Å². The van der Waals surface area contributed by atoms with E-state index in [-0.39, 0.29) is 11.9 Å². The largest absolute Gasteiger partial charge is 0.493 e. The third kappa shape index (κ3) is 3.90. The minimum atomic E-state index is -0.188. The van der Waals surface area contributed by atoms with Crippen LogP contribution in [0, 0.1) is 0 Å². The molecule has 2 aromatic heterocycles. The van der Waals surface area contributed by atoms with E-state index in [1.165, 1.54) is 0 Å². The van der Waals surface area contributed by atoms with Gasteiger partial charge >= 0.3 is 0 Å². The summed E-state index contributed by atoms with van der Waals surface area (Å²) in [6.07, 6.45) is 2.67.